The van der Waals surface area contributed by atoms with Crippen molar-refractivity contribution in [1.29, 1.82) is 0 Å². The number of hydrogen-bond acceptors (Lipinski definition) is 4. The van der Waals surface area contributed by atoms with Crippen LogP contribution in [0.2, 0.25) is 0 Å². The fraction of sp³-hybridized carbons (Fsp3) is 0.263. The highest BCUT2D eigenvalue weighted by Crippen LogP contribution is 2.28. The summed E-state index contributed by atoms with van der Waals surface area (Å²) >= 11 is 0. The van der Waals surface area contributed by atoms with Gasteiger partial charge in [0.2, 0.25) is 0 Å². The molecule has 0 bridgehead atoms. The first kappa shape index (κ1) is 18.3. The van der Waals surface area contributed by atoms with E-state index in [0.29, 0.717) is 17.0 Å². The first-order chi connectivity index (χ1) is 11.8. The van der Waals surface area contributed by atoms with Gasteiger partial charge in [-0.15, -0.1) is 0 Å². The van der Waals surface area contributed by atoms with Gasteiger partial charge < -0.3 is 20.5 Å². The summed E-state index contributed by atoms with van der Waals surface area (Å²) in [4.78, 5) is 24.3. The quantitative estimate of drug-likeness (QED) is 0.746. The Kier molecular flexibility index (Phi) is 5.64. The Balaban J connectivity index is 2.06. The number of rotatable bonds is 4. The first-order valence-electron chi connectivity index (χ1n) is 7.87. The summed E-state index contributed by atoms with van der Waals surface area (Å²) in [7, 11) is 1.51. The van der Waals surface area contributed by atoms with Crippen molar-refractivity contribution >= 4 is 17.5 Å². The van der Waals surface area contributed by atoms with Gasteiger partial charge in [0.15, 0.2) is 0 Å². The number of benzene rings is 2. The van der Waals surface area contributed by atoms with E-state index in [0.717, 1.165) is 11.1 Å². The van der Waals surface area contributed by atoms with Gasteiger partial charge in [0, 0.05) is 11.3 Å². The Labute approximate surface area is 146 Å². The highest BCUT2D eigenvalue weighted by atomic mass is 16.5. The van der Waals surface area contributed by atoms with Gasteiger partial charge in [-0.05, 0) is 50.6 Å². The zero-order chi connectivity index (χ0) is 18.6. The van der Waals surface area contributed by atoms with Crippen molar-refractivity contribution in [3.63, 3.8) is 0 Å². The molecule has 0 radical (unpaired) electrons. The summed E-state index contributed by atoms with van der Waals surface area (Å²) < 4.78 is 5.11. The second-order valence-electron chi connectivity index (χ2n) is 5.89. The fourth-order valence-corrected chi connectivity index (χ4v) is 2.48. The molecule has 1 atom stereocenters. The molecule has 0 saturated heterocycles. The zero-order valence-corrected chi connectivity index (χ0v) is 14.7. The van der Waals surface area contributed by atoms with Gasteiger partial charge in [0.25, 0.3) is 0 Å². The molecular weight excluding hydrogens is 320 g/mol. The number of anilines is 1. The Bertz CT molecular complexity index is 802. The van der Waals surface area contributed by atoms with Crippen LogP contribution in [0.15, 0.2) is 36.4 Å². The molecule has 2 aromatic carbocycles. The molecule has 0 aliphatic heterocycles. The van der Waals surface area contributed by atoms with Crippen LogP contribution in [0.3, 0.4) is 0 Å². The maximum atomic E-state index is 12.1. The number of nitrogens with one attached hydrogen (secondary N) is 2. The van der Waals surface area contributed by atoms with Crippen molar-refractivity contribution in [2.45, 2.75) is 26.8 Å². The highest BCUT2D eigenvalue weighted by Gasteiger charge is 2.20. The van der Waals surface area contributed by atoms with Crippen molar-refractivity contribution in [3.8, 4) is 11.5 Å². The van der Waals surface area contributed by atoms with E-state index in [4.69, 9.17) is 4.74 Å². The molecular formula is C19H22N2O4. The molecule has 0 aliphatic carbocycles. The predicted molar refractivity (Wildman–Crippen MR) is 95.8 cm³/mol. The van der Waals surface area contributed by atoms with Crippen molar-refractivity contribution in [3.05, 3.63) is 53.1 Å². The van der Waals surface area contributed by atoms with E-state index >= 15 is 0 Å². The number of aromatic hydroxyl groups is 1. The summed E-state index contributed by atoms with van der Waals surface area (Å²) in [6.07, 6.45) is 0. The van der Waals surface area contributed by atoms with E-state index in [9.17, 15) is 14.7 Å². The molecule has 132 valence electrons. The van der Waals surface area contributed by atoms with Crippen LogP contribution >= 0.6 is 0 Å². The molecule has 1 unspecified atom stereocenters. The minimum Gasteiger partial charge on any atom is -0.508 e. The average molecular weight is 342 g/mol. The average Bonchev–Trinajstić information content (AvgIpc) is 2.57. The minimum absolute atomic E-state index is 0.0170. The SMILES string of the molecule is COc1ccc(O)c(C(C)NC(=O)C(=O)Nc2ccc(C)cc2C)c1. The minimum atomic E-state index is -0.783. The molecule has 0 heterocycles. The lowest BCUT2D eigenvalue weighted by atomic mass is 10.1. The van der Waals surface area contributed by atoms with Crippen molar-refractivity contribution in [2.75, 3.05) is 12.4 Å². The van der Waals surface area contributed by atoms with E-state index in [2.05, 4.69) is 10.6 Å². The number of hydrogen-bond donors (Lipinski definition) is 3. The number of ether oxygens (including phenoxy) is 1. The van der Waals surface area contributed by atoms with Crippen LogP contribution in [-0.4, -0.2) is 24.0 Å². The van der Waals surface area contributed by atoms with E-state index in [1.807, 2.05) is 26.0 Å². The van der Waals surface area contributed by atoms with Crippen LogP contribution in [0.5, 0.6) is 11.5 Å². The Morgan fingerprint density at radius 2 is 1.80 bits per heavy atom. The van der Waals surface area contributed by atoms with E-state index in [1.54, 1.807) is 25.1 Å². The normalized spacial score (nSPS) is 11.5. The molecule has 2 aromatic rings. The van der Waals surface area contributed by atoms with E-state index < -0.39 is 17.9 Å². The second-order valence-corrected chi connectivity index (χ2v) is 5.89. The van der Waals surface area contributed by atoms with Gasteiger partial charge in [-0.25, -0.2) is 0 Å². The smallest absolute Gasteiger partial charge is 0.313 e. The van der Waals surface area contributed by atoms with Gasteiger partial charge in [-0.3, -0.25) is 9.59 Å². The van der Waals surface area contributed by atoms with Gasteiger partial charge in [-0.2, -0.15) is 0 Å². The summed E-state index contributed by atoms with van der Waals surface area (Å²) in [5.41, 5.74) is 3.00. The van der Waals surface area contributed by atoms with Crippen LogP contribution in [-0.2, 0) is 9.59 Å². The topological polar surface area (TPSA) is 87.7 Å². The Hall–Kier alpha value is -3.02. The van der Waals surface area contributed by atoms with Gasteiger partial charge >= 0.3 is 11.8 Å². The third kappa shape index (κ3) is 4.50. The maximum Gasteiger partial charge on any atom is 0.313 e. The lowest BCUT2D eigenvalue weighted by Gasteiger charge is -2.16. The second kappa shape index (κ2) is 7.70. The molecule has 6 heteroatoms. The van der Waals surface area contributed by atoms with Gasteiger partial charge in [-0.1, -0.05) is 17.7 Å². The zero-order valence-electron chi connectivity index (χ0n) is 14.7. The third-order valence-corrected chi connectivity index (χ3v) is 3.89. The number of aryl methyl sites for hydroxylation is 2. The molecule has 6 nitrogen and oxygen atoms in total. The number of phenolic OH excluding ortho intramolecular Hbond substituents is 1. The highest BCUT2D eigenvalue weighted by molar-refractivity contribution is 6.39. The molecule has 2 rings (SSSR count). The van der Waals surface area contributed by atoms with Crippen LogP contribution in [0, 0.1) is 13.8 Å². The molecule has 2 amide bonds. The molecule has 25 heavy (non-hydrogen) atoms. The van der Waals surface area contributed by atoms with Crippen LogP contribution in [0.4, 0.5) is 5.69 Å². The fourth-order valence-electron chi connectivity index (χ4n) is 2.48. The number of carbonyl (C=O) groups excluding carboxylic acids is 2. The van der Waals surface area contributed by atoms with E-state index in [-0.39, 0.29) is 5.75 Å². The standard InChI is InChI=1S/C19H22N2O4/c1-11-5-7-16(12(2)9-11)21-19(24)18(23)20-13(3)15-10-14(25-4)6-8-17(15)22/h5-10,13,22H,1-4H3,(H,20,23)(H,21,24). The maximum absolute atomic E-state index is 12.1. The van der Waals surface area contributed by atoms with Crippen molar-refractivity contribution in [2.24, 2.45) is 0 Å². The molecule has 0 aliphatic rings. The van der Waals surface area contributed by atoms with Crippen molar-refractivity contribution in [1.82, 2.24) is 5.32 Å². The largest absolute Gasteiger partial charge is 0.508 e. The third-order valence-electron chi connectivity index (χ3n) is 3.89. The Morgan fingerprint density at radius 1 is 1.08 bits per heavy atom. The lowest BCUT2D eigenvalue weighted by molar-refractivity contribution is -0.136. The molecule has 0 saturated carbocycles. The monoisotopic (exact) mass is 342 g/mol. The van der Waals surface area contributed by atoms with Gasteiger partial charge in [0.1, 0.15) is 11.5 Å². The molecule has 0 aromatic heterocycles. The van der Waals surface area contributed by atoms with Crippen LogP contribution in [0.1, 0.15) is 29.7 Å². The summed E-state index contributed by atoms with van der Waals surface area (Å²) in [5, 5.41) is 15.1. The van der Waals surface area contributed by atoms with Gasteiger partial charge in [0.05, 0.1) is 13.2 Å². The first-order valence-corrected chi connectivity index (χ1v) is 7.87. The predicted octanol–water partition coefficient (Wildman–Crippen LogP) is 2.83. The summed E-state index contributed by atoms with van der Waals surface area (Å²) in [6, 6.07) is 9.68. The Morgan fingerprint density at radius 3 is 2.44 bits per heavy atom. The van der Waals surface area contributed by atoms with Crippen LogP contribution in [0.25, 0.3) is 0 Å². The lowest BCUT2D eigenvalue weighted by Crippen LogP contribution is -2.37. The molecule has 0 fully saturated rings. The number of methoxy groups -OCH3 is 1. The molecule has 0 spiro atoms. The number of amides is 2. The number of phenols is 1. The van der Waals surface area contributed by atoms with Crippen molar-refractivity contribution < 1.29 is 19.4 Å². The summed E-state index contributed by atoms with van der Waals surface area (Å²) in [5.74, 6) is -0.979. The summed E-state index contributed by atoms with van der Waals surface area (Å²) in [6.45, 7) is 5.49. The van der Waals surface area contributed by atoms with Crippen LogP contribution < -0.4 is 15.4 Å². The number of carbonyl (C=O) groups is 2. The van der Waals surface area contributed by atoms with E-state index in [1.165, 1.54) is 13.2 Å². The molecule has 3 N–H and O–H groups in total.